The molecule has 0 saturated carbocycles. The Kier molecular flexibility index (Phi) is 4.76. The molecule has 0 aliphatic rings. The van der Waals surface area contributed by atoms with Crippen LogP contribution >= 0.6 is 0 Å². The second kappa shape index (κ2) is 6.58. The minimum absolute atomic E-state index is 0.164. The van der Waals surface area contributed by atoms with Crippen LogP contribution in [0.2, 0.25) is 0 Å². The Hall–Kier alpha value is -2.73. The van der Waals surface area contributed by atoms with Crippen LogP contribution in [0.25, 0.3) is 0 Å². The van der Waals surface area contributed by atoms with Crippen LogP contribution in [0.15, 0.2) is 36.4 Å². The number of Topliss-reactive ketones (excluding diaryl/α,β-unsaturated/α-hetero) is 1. The van der Waals surface area contributed by atoms with Gasteiger partial charge in [-0.25, -0.2) is 0 Å². The molecular weight excluding hydrogens is 300 g/mol. The zero-order valence-corrected chi connectivity index (χ0v) is 12.5. The van der Waals surface area contributed by atoms with Gasteiger partial charge in [0.1, 0.15) is 28.8 Å². The predicted molar refractivity (Wildman–Crippen MR) is 82.7 cm³/mol. The van der Waals surface area contributed by atoms with Gasteiger partial charge in [-0.1, -0.05) is 12.1 Å². The van der Waals surface area contributed by atoms with Gasteiger partial charge in [0, 0.05) is 29.7 Å². The molecule has 6 heteroatoms. The molecule has 0 aliphatic carbocycles. The Balaban J connectivity index is 2.57. The van der Waals surface area contributed by atoms with Crippen molar-refractivity contribution in [2.24, 2.45) is 0 Å². The van der Waals surface area contributed by atoms with E-state index in [1.165, 1.54) is 31.2 Å². The van der Waals surface area contributed by atoms with Crippen molar-refractivity contribution in [1.29, 1.82) is 0 Å². The Morgan fingerprint density at radius 3 is 1.70 bits per heavy atom. The highest BCUT2D eigenvalue weighted by molar-refractivity contribution is 5.91. The number of carbonyl (C=O) groups is 1. The third-order valence-corrected chi connectivity index (χ3v) is 3.47. The highest BCUT2D eigenvalue weighted by Gasteiger charge is 2.28. The second-order valence-electron chi connectivity index (χ2n) is 5.44. The maximum Gasteiger partial charge on any atom is 0.147 e. The summed E-state index contributed by atoms with van der Waals surface area (Å²) < 4.78 is 0. The summed E-state index contributed by atoms with van der Waals surface area (Å²) in [6.45, 7) is 1.46. The maximum absolute atomic E-state index is 12.5. The molecule has 1 atom stereocenters. The number of carbonyl (C=O) groups excluding carboxylic acids is 1. The van der Waals surface area contributed by atoms with Crippen molar-refractivity contribution in [3.05, 3.63) is 47.5 Å². The number of hydrogen-bond acceptors (Lipinski definition) is 6. The van der Waals surface area contributed by atoms with Crippen LogP contribution in [0.5, 0.6) is 23.0 Å². The fraction of sp³-hybridized carbons (Fsp3) is 0.235. The van der Waals surface area contributed by atoms with Crippen molar-refractivity contribution < 1.29 is 30.3 Å². The summed E-state index contributed by atoms with van der Waals surface area (Å²) in [6.07, 6.45) is -1.06. The van der Waals surface area contributed by atoms with Crippen molar-refractivity contribution in [3.63, 3.8) is 0 Å². The molecule has 5 N–H and O–H groups in total. The second-order valence-corrected chi connectivity index (χ2v) is 5.44. The van der Waals surface area contributed by atoms with E-state index in [-0.39, 0.29) is 40.5 Å². The Labute approximate surface area is 132 Å². The lowest BCUT2D eigenvalue weighted by atomic mass is 9.84. The molecule has 2 aromatic rings. The molecule has 0 fully saturated rings. The fourth-order valence-corrected chi connectivity index (χ4v) is 2.48. The molecule has 0 aromatic heterocycles. The smallest absolute Gasteiger partial charge is 0.147 e. The zero-order valence-electron chi connectivity index (χ0n) is 12.5. The number of benzene rings is 2. The first-order valence-corrected chi connectivity index (χ1v) is 7.04. The minimum Gasteiger partial charge on any atom is -0.508 e. The van der Waals surface area contributed by atoms with E-state index in [0.717, 1.165) is 12.1 Å². The van der Waals surface area contributed by atoms with Crippen LogP contribution < -0.4 is 0 Å². The molecule has 0 heterocycles. The van der Waals surface area contributed by atoms with Crippen molar-refractivity contribution in [2.75, 3.05) is 0 Å². The standard InChI is InChI=1S/C17H18O6/c1-9(18)6-16(23)17(12-4-2-10(19)7-14(12)21)13-5-3-11(20)8-15(13)22/h2-5,7-9,17-22H,6H2,1H3. The van der Waals surface area contributed by atoms with E-state index < -0.39 is 17.8 Å². The number of phenols is 4. The number of hydrogen-bond donors (Lipinski definition) is 5. The number of aliphatic hydroxyl groups excluding tert-OH is 1. The monoisotopic (exact) mass is 318 g/mol. The van der Waals surface area contributed by atoms with Gasteiger partial charge >= 0.3 is 0 Å². The Morgan fingerprint density at radius 1 is 0.913 bits per heavy atom. The number of aromatic hydroxyl groups is 4. The van der Waals surface area contributed by atoms with E-state index in [1.807, 2.05) is 0 Å². The van der Waals surface area contributed by atoms with Crippen LogP contribution in [-0.2, 0) is 4.79 Å². The molecule has 1 unspecified atom stereocenters. The molecule has 122 valence electrons. The summed E-state index contributed by atoms with van der Waals surface area (Å²) in [4.78, 5) is 12.5. The van der Waals surface area contributed by atoms with E-state index in [1.54, 1.807) is 0 Å². The van der Waals surface area contributed by atoms with Crippen LogP contribution in [0.1, 0.15) is 30.4 Å². The van der Waals surface area contributed by atoms with Crippen molar-refractivity contribution >= 4 is 5.78 Å². The molecule has 0 saturated heterocycles. The van der Waals surface area contributed by atoms with Crippen molar-refractivity contribution in [1.82, 2.24) is 0 Å². The number of rotatable bonds is 5. The molecule has 0 spiro atoms. The third-order valence-electron chi connectivity index (χ3n) is 3.47. The summed E-state index contributed by atoms with van der Waals surface area (Å²) >= 11 is 0. The minimum atomic E-state index is -1.04. The highest BCUT2D eigenvalue weighted by atomic mass is 16.3. The van der Waals surface area contributed by atoms with Gasteiger partial charge in [-0.05, 0) is 19.1 Å². The van der Waals surface area contributed by atoms with E-state index in [9.17, 15) is 30.3 Å². The van der Waals surface area contributed by atoms with Gasteiger partial charge in [-0.3, -0.25) is 4.79 Å². The largest absolute Gasteiger partial charge is 0.508 e. The Bertz CT molecular complexity index is 672. The molecule has 0 radical (unpaired) electrons. The molecule has 2 aromatic carbocycles. The van der Waals surface area contributed by atoms with Crippen LogP contribution in [-0.4, -0.2) is 37.4 Å². The third kappa shape index (κ3) is 3.73. The van der Waals surface area contributed by atoms with Gasteiger partial charge in [0.25, 0.3) is 0 Å². The first-order chi connectivity index (χ1) is 10.8. The van der Waals surface area contributed by atoms with E-state index in [2.05, 4.69) is 0 Å². The lowest BCUT2D eigenvalue weighted by molar-refractivity contribution is -0.121. The first kappa shape index (κ1) is 16.6. The summed E-state index contributed by atoms with van der Waals surface area (Å²) in [7, 11) is 0. The summed E-state index contributed by atoms with van der Waals surface area (Å²) in [5.74, 6) is -2.39. The molecule has 6 nitrogen and oxygen atoms in total. The maximum atomic E-state index is 12.5. The van der Waals surface area contributed by atoms with Gasteiger partial charge in [-0.2, -0.15) is 0 Å². The molecule has 0 amide bonds. The average Bonchev–Trinajstić information content (AvgIpc) is 2.42. The van der Waals surface area contributed by atoms with Gasteiger partial charge < -0.3 is 25.5 Å². The van der Waals surface area contributed by atoms with E-state index in [4.69, 9.17) is 0 Å². The zero-order chi connectivity index (χ0) is 17.1. The summed E-state index contributed by atoms with van der Waals surface area (Å²) in [5, 5.41) is 48.4. The van der Waals surface area contributed by atoms with Crippen LogP contribution in [0.3, 0.4) is 0 Å². The lowest BCUT2D eigenvalue weighted by Gasteiger charge is -2.20. The number of phenolic OH excluding ortho intramolecular Hbond substituents is 4. The molecule has 0 bridgehead atoms. The van der Waals surface area contributed by atoms with E-state index >= 15 is 0 Å². The first-order valence-electron chi connectivity index (χ1n) is 7.04. The van der Waals surface area contributed by atoms with Gasteiger partial charge in [0.15, 0.2) is 0 Å². The number of aliphatic hydroxyl groups is 1. The average molecular weight is 318 g/mol. The van der Waals surface area contributed by atoms with E-state index in [0.29, 0.717) is 0 Å². The Morgan fingerprint density at radius 2 is 1.35 bits per heavy atom. The molecule has 2 rings (SSSR count). The quantitative estimate of drug-likeness (QED) is 0.575. The molecule has 23 heavy (non-hydrogen) atoms. The molecular formula is C17H18O6. The molecule has 0 aliphatic heterocycles. The predicted octanol–water partition coefficient (Wildman–Crippen LogP) is 1.98. The van der Waals surface area contributed by atoms with Gasteiger partial charge in [0.05, 0.1) is 12.0 Å². The van der Waals surface area contributed by atoms with Gasteiger partial charge in [-0.15, -0.1) is 0 Å². The van der Waals surface area contributed by atoms with Gasteiger partial charge in [0.2, 0.25) is 0 Å². The van der Waals surface area contributed by atoms with Crippen LogP contribution in [0.4, 0.5) is 0 Å². The normalized spacial score (nSPS) is 12.3. The number of ketones is 1. The van der Waals surface area contributed by atoms with Crippen molar-refractivity contribution in [3.8, 4) is 23.0 Å². The fourth-order valence-electron chi connectivity index (χ4n) is 2.48. The van der Waals surface area contributed by atoms with Crippen molar-refractivity contribution in [2.45, 2.75) is 25.4 Å². The SMILES string of the molecule is CC(O)CC(=O)C(c1ccc(O)cc1O)c1ccc(O)cc1O. The van der Waals surface area contributed by atoms with Crippen LogP contribution in [0, 0.1) is 0 Å². The summed E-state index contributed by atoms with van der Waals surface area (Å²) in [6, 6.07) is 7.57. The topological polar surface area (TPSA) is 118 Å². The highest BCUT2D eigenvalue weighted by Crippen LogP contribution is 2.39. The lowest BCUT2D eigenvalue weighted by Crippen LogP contribution is -2.19. The summed E-state index contributed by atoms with van der Waals surface area (Å²) in [5.41, 5.74) is 0.379.